The van der Waals surface area contributed by atoms with Crippen molar-refractivity contribution in [2.45, 2.75) is 33.2 Å². The van der Waals surface area contributed by atoms with E-state index in [-0.39, 0.29) is 5.97 Å². The highest BCUT2D eigenvalue weighted by atomic mass is 32.1. The molecular weight excluding hydrogens is 234 g/mol. The first-order valence-corrected chi connectivity index (χ1v) is 6.88. The summed E-state index contributed by atoms with van der Waals surface area (Å²) in [6, 6.07) is 4.33. The van der Waals surface area contributed by atoms with Gasteiger partial charge >= 0.3 is 5.97 Å². The maximum Gasteiger partial charge on any atom is 0.319 e. The number of thiophene rings is 1. The van der Waals surface area contributed by atoms with E-state index >= 15 is 0 Å². The molecule has 0 radical (unpaired) electrons. The van der Waals surface area contributed by atoms with Crippen LogP contribution in [0.3, 0.4) is 0 Å². The second kappa shape index (κ2) is 7.45. The molecule has 0 aliphatic rings. The van der Waals surface area contributed by atoms with Gasteiger partial charge in [0.2, 0.25) is 0 Å². The molecule has 17 heavy (non-hydrogen) atoms. The molecule has 0 saturated heterocycles. The number of carbonyl (C=O) groups is 1. The molecule has 0 unspecified atom stereocenters. The lowest BCUT2D eigenvalue weighted by atomic mass is 10.3. The number of hydrogen-bond acceptors (Lipinski definition) is 4. The fourth-order valence-electron chi connectivity index (χ4n) is 1.70. The zero-order valence-corrected chi connectivity index (χ0v) is 11.7. The normalized spacial score (nSPS) is 10.8. The molecule has 4 heteroatoms. The second-order valence-electron chi connectivity index (χ2n) is 4.01. The molecule has 0 fully saturated rings. The molecule has 0 aliphatic carbocycles. The third-order valence-corrected chi connectivity index (χ3v) is 3.78. The van der Waals surface area contributed by atoms with Crippen LogP contribution in [0.5, 0.6) is 0 Å². The van der Waals surface area contributed by atoms with E-state index in [2.05, 4.69) is 30.9 Å². The van der Waals surface area contributed by atoms with Crippen LogP contribution in [-0.4, -0.2) is 31.1 Å². The first-order chi connectivity index (χ1) is 8.19. The maximum atomic E-state index is 11.3. The number of aryl methyl sites for hydroxylation is 1. The Labute approximate surface area is 107 Å². The van der Waals surface area contributed by atoms with Gasteiger partial charge in [0.15, 0.2) is 0 Å². The number of ether oxygens (including phenoxy) is 1. The fourth-order valence-corrected chi connectivity index (χ4v) is 2.70. The van der Waals surface area contributed by atoms with Crippen LogP contribution in [0.2, 0.25) is 0 Å². The van der Waals surface area contributed by atoms with Gasteiger partial charge in [0.25, 0.3) is 0 Å². The first kappa shape index (κ1) is 14.2. The van der Waals surface area contributed by atoms with Gasteiger partial charge in [0.05, 0.1) is 13.7 Å². The molecule has 1 rings (SSSR count). The zero-order chi connectivity index (χ0) is 12.7. The fraction of sp³-hybridized carbons (Fsp3) is 0.615. The zero-order valence-electron chi connectivity index (χ0n) is 10.9. The predicted molar refractivity (Wildman–Crippen MR) is 71.3 cm³/mol. The molecule has 0 aliphatic heterocycles. The van der Waals surface area contributed by atoms with Gasteiger partial charge in [-0.1, -0.05) is 13.8 Å². The molecule has 0 N–H and O–H groups in total. The lowest BCUT2D eigenvalue weighted by Gasteiger charge is -2.19. The van der Waals surface area contributed by atoms with Gasteiger partial charge in [-0.2, -0.15) is 0 Å². The van der Waals surface area contributed by atoms with E-state index in [9.17, 15) is 4.79 Å². The van der Waals surface area contributed by atoms with Crippen molar-refractivity contribution in [3.63, 3.8) is 0 Å². The SMILES string of the molecule is CCCN(CC(=O)OC)Cc1ccc(CC)s1. The van der Waals surface area contributed by atoms with Crippen molar-refractivity contribution < 1.29 is 9.53 Å². The predicted octanol–water partition coefficient (Wildman–Crippen LogP) is 2.70. The summed E-state index contributed by atoms with van der Waals surface area (Å²) in [5, 5.41) is 0. The summed E-state index contributed by atoms with van der Waals surface area (Å²) in [6.07, 6.45) is 2.12. The highest BCUT2D eigenvalue weighted by Crippen LogP contribution is 2.18. The van der Waals surface area contributed by atoms with Gasteiger partial charge < -0.3 is 4.74 Å². The van der Waals surface area contributed by atoms with Crippen molar-refractivity contribution in [2.24, 2.45) is 0 Å². The van der Waals surface area contributed by atoms with Gasteiger partial charge in [-0.3, -0.25) is 9.69 Å². The topological polar surface area (TPSA) is 29.5 Å². The molecule has 0 saturated carbocycles. The Morgan fingerprint density at radius 1 is 1.35 bits per heavy atom. The monoisotopic (exact) mass is 255 g/mol. The van der Waals surface area contributed by atoms with Gasteiger partial charge in [0, 0.05) is 16.3 Å². The molecule has 0 atom stereocenters. The van der Waals surface area contributed by atoms with E-state index in [1.807, 2.05) is 11.3 Å². The Bertz CT molecular complexity index is 349. The summed E-state index contributed by atoms with van der Waals surface area (Å²) >= 11 is 1.83. The molecule has 3 nitrogen and oxygen atoms in total. The first-order valence-electron chi connectivity index (χ1n) is 6.06. The van der Waals surface area contributed by atoms with Crippen molar-refractivity contribution in [3.05, 3.63) is 21.9 Å². The van der Waals surface area contributed by atoms with Crippen LogP contribution in [0.1, 0.15) is 30.0 Å². The highest BCUT2D eigenvalue weighted by Gasteiger charge is 2.11. The largest absolute Gasteiger partial charge is 0.468 e. The molecule has 1 aromatic rings. The van der Waals surface area contributed by atoms with E-state index < -0.39 is 0 Å². The summed E-state index contributed by atoms with van der Waals surface area (Å²) < 4.78 is 4.71. The van der Waals surface area contributed by atoms with E-state index in [0.717, 1.165) is 25.9 Å². The van der Waals surface area contributed by atoms with E-state index in [1.54, 1.807) is 0 Å². The summed E-state index contributed by atoms with van der Waals surface area (Å²) in [5.41, 5.74) is 0. The smallest absolute Gasteiger partial charge is 0.319 e. The second-order valence-corrected chi connectivity index (χ2v) is 5.26. The average Bonchev–Trinajstić information content (AvgIpc) is 2.77. The lowest BCUT2D eigenvalue weighted by molar-refractivity contribution is -0.142. The van der Waals surface area contributed by atoms with Crippen LogP contribution >= 0.6 is 11.3 Å². The molecule has 0 bridgehead atoms. The number of carbonyl (C=O) groups excluding carboxylic acids is 1. The Hall–Kier alpha value is -0.870. The van der Waals surface area contributed by atoms with Crippen LogP contribution in [0.25, 0.3) is 0 Å². The Balaban J connectivity index is 2.55. The average molecular weight is 255 g/mol. The van der Waals surface area contributed by atoms with E-state index in [4.69, 9.17) is 4.74 Å². The van der Waals surface area contributed by atoms with Crippen LogP contribution in [0.4, 0.5) is 0 Å². The molecule has 1 heterocycles. The molecule has 0 spiro atoms. The van der Waals surface area contributed by atoms with Crippen LogP contribution in [0, 0.1) is 0 Å². The summed E-state index contributed by atoms with van der Waals surface area (Å²) in [6.45, 7) is 6.43. The van der Waals surface area contributed by atoms with Crippen LogP contribution in [0.15, 0.2) is 12.1 Å². The summed E-state index contributed by atoms with van der Waals surface area (Å²) in [4.78, 5) is 16.1. The lowest BCUT2D eigenvalue weighted by Crippen LogP contribution is -2.30. The van der Waals surface area contributed by atoms with Crippen LogP contribution < -0.4 is 0 Å². The number of rotatable bonds is 7. The van der Waals surface area contributed by atoms with Gasteiger partial charge in [-0.15, -0.1) is 11.3 Å². The van der Waals surface area contributed by atoms with Crippen molar-refractivity contribution in [2.75, 3.05) is 20.2 Å². The summed E-state index contributed by atoms with van der Waals surface area (Å²) in [7, 11) is 1.44. The highest BCUT2D eigenvalue weighted by molar-refractivity contribution is 7.11. The van der Waals surface area contributed by atoms with Gasteiger partial charge in [-0.25, -0.2) is 0 Å². The van der Waals surface area contributed by atoms with Crippen LogP contribution in [-0.2, 0) is 22.5 Å². The quantitative estimate of drug-likeness (QED) is 0.702. The Morgan fingerprint density at radius 2 is 2.06 bits per heavy atom. The molecule has 1 aromatic heterocycles. The van der Waals surface area contributed by atoms with Crippen molar-refractivity contribution in [1.29, 1.82) is 0 Å². The minimum absolute atomic E-state index is 0.161. The molecule has 0 amide bonds. The van der Waals surface area contributed by atoms with E-state index in [1.165, 1.54) is 16.9 Å². The standard InChI is InChI=1S/C13H21NO2S/c1-4-8-14(10-13(15)16-3)9-12-7-6-11(5-2)17-12/h6-7H,4-5,8-10H2,1-3H3. The summed E-state index contributed by atoms with van der Waals surface area (Å²) in [5.74, 6) is -0.161. The van der Waals surface area contributed by atoms with Crippen molar-refractivity contribution >= 4 is 17.3 Å². The maximum absolute atomic E-state index is 11.3. The number of hydrogen-bond donors (Lipinski definition) is 0. The van der Waals surface area contributed by atoms with E-state index in [0.29, 0.717) is 6.54 Å². The number of methoxy groups -OCH3 is 1. The third-order valence-electron chi connectivity index (χ3n) is 2.57. The molecular formula is C13H21NO2S. The third kappa shape index (κ3) is 4.88. The van der Waals surface area contributed by atoms with Gasteiger partial charge in [-0.05, 0) is 31.5 Å². The Morgan fingerprint density at radius 3 is 2.59 bits per heavy atom. The van der Waals surface area contributed by atoms with Crippen molar-refractivity contribution in [1.82, 2.24) is 4.90 Å². The van der Waals surface area contributed by atoms with Crippen molar-refractivity contribution in [3.8, 4) is 0 Å². The van der Waals surface area contributed by atoms with Gasteiger partial charge in [0.1, 0.15) is 0 Å². The Kier molecular flexibility index (Phi) is 6.22. The molecule has 0 aromatic carbocycles. The minimum atomic E-state index is -0.161. The number of nitrogens with zero attached hydrogens (tertiary/aromatic N) is 1. The number of esters is 1. The molecule has 96 valence electrons. The minimum Gasteiger partial charge on any atom is -0.468 e.